The van der Waals surface area contributed by atoms with Crippen LogP contribution in [0.2, 0.25) is 0 Å². The maximum Gasteiger partial charge on any atom is 0.259 e. The fourth-order valence-corrected chi connectivity index (χ4v) is 3.79. The van der Waals surface area contributed by atoms with Gasteiger partial charge in [0.05, 0.1) is 23.8 Å². The van der Waals surface area contributed by atoms with Crippen molar-refractivity contribution in [2.45, 2.75) is 18.4 Å². The number of halogens is 1. The first-order valence-corrected chi connectivity index (χ1v) is 8.60. The molecule has 3 aromatic rings. The number of aromatic nitrogens is 6. The molecular formula is C16H13ClN8O. The molecule has 1 saturated carbocycles. The van der Waals surface area contributed by atoms with Crippen molar-refractivity contribution < 1.29 is 5.11 Å². The van der Waals surface area contributed by atoms with Gasteiger partial charge in [-0.3, -0.25) is 4.42 Å². The van der Waals surface area contributed by atoms with Crippen molar-refractivity contribution in [1.29, 1.82) is 0 Å². The van der Waals surface area contributed by atoms with Crippen LogP contribution < -0.4 is 4.90 Å². The van der Waals surface area contributed by atoms with Gasteiger partial charge >= 0.3 is 0 Å². The predicted molar refractivity (Wildman–Crippen MR) is 92.8 cm³/mol. The number of rotatable bonds is 2. The molecule has 0 radical (unpaired) electrons. The molecule has 10 heteroatoms. The van der Waals surface area contributed by atoms with Crippen LogP contribution >= 0.6 is 11.8 Å². The van der Waals surface area contributed by atoms with Gasteiger partial charge < -0.3 is 10.0 Å². The number of benzene rings is 1. The summed E-state index contributed by atoms with van der Waals surface area (Å²) in [5.74, 6) is 2.01. The summed E-state index contributed by atoms with van der Waals surface area (Å²) in [6, 6.07) is 7.99. The van der Waals surface area contributed by atoms with E-state index in [1.807, 2.05) is 35.0 Å². The molecule has 2 aliphatic heterocycles. The second-order valence-electron chi connectivity index (χ2n) is 6.70. The SMILES string of the molecule is OC1(c2cnnn2-c2nnc3n2C2=CN(Cl)CN2c2ccccc2-3)CC1. The van der Waals surface area contributed by atoms with E-state index in [-0.39, 0.29) is 0 Å². The molecule has 0 bridgehead atoms. The fraction of sp³-hybridized carbons (Fsp3) is 0.250. The van der Waals surface area contributed by atoms with Crippen molar-refractivity contribution in [3.63, 3.8) is 0 Å². The quantitative estimate of drug-likeness (QED) is 0.686. The number of nitrogens with zero attached hydrogens (tertiary/aromatic N) is 8. The van der Waals surface area contributed by atoms with Gasteiger partial charge in [-0.1, -0.05) is 17.3 Å². The molecule has 3 aliphatic rings. The van der Waals surface area contributed by atoms with Crippen LogP contribution in [0.15, 0.2) is 36.7 Å². The third-order valence-corrected chi connectivity index (χ3v) is 5.26. The highest BCUT2D eigenvalue weighted by Gasteiger charge is 2.46. The van der Waals surface area contributed by atoms with Crippen LogP contribution in [0.4, 0.5) is 5.69 Å². The number of para-hydroxylation sites is 1. The van der Waals surface area contributed by atoms with Crippen molar-refractivity contribution in [3.8, 4) is 17.3 Å². The lowest BCUT2D eigenvalue weighted by atomic mass is 10.1. The fourth-order valence-electron chi connectivity index (χ4n) is 3.59. The van der Waals surface area contributed by atoms with Gasteiger partial charge in [0.15, 0.2) is 5.82 Å². The van der Waals surface area contributed by atoms with Crippen molar-refractivity contribution >= 4 is 23.3 Å². The van der Waals surface area contributed by atoms with Gasteiger partial charge in [-0.05, 0) is 25.0 Å². The van der Waals surface area contributed by atoms with Crippen molar-refractivity contribution in [3.05, 3.63) is 42.4 Å². The second kappa shape index (κ2) is 4.63. The van der Waals surface area contributed by atoms with Crippen LogP contribution in [0.3, 0.4) is 0 Å². The van der Waals surface area contributed by atoms with Gasteiger partial charge in [0.2, 0.25) is 0 Å². The minimum absolute atomic E-state index is 0.477. The Morgan fingerprint density at radius 2 is 2.00 bits per heavy atom. The van der Waals surface area contributed by atoms with Gasteiger partial charge in [0.1, 0.15) is 18.1 Å². The van der Waals surface area contributed by atoms with E-state index < -0.39 is 5.60 Å². The normalized spacial score (nSPS) is 19.1. The van der Waals surface area contributed by atoms with Gasteiger partial charge in [-0.2, -0.15) is 4.68 Å². The largest absolute Gasteiger partial charge is 0.383 e. The highest BCUT2D eigenvalue weighted by Crippen LogP contribution is 2.46. The summed E-state index contributed by atoms with van der Waals surface area (Å²) in [6.45, 7) is 0.513. The molecule has 130 valence electrons. The Bertz CT molecular complexity index is 1080. The topological polar surface area (TPSA) is 88.1 Å². The first-order valence-electron chi connectivity index (χ1n) is 8.27. The van der Waals surface area contributed by atoms with Crippen LogP contribution in [-0.2, 0) is 5.60 Å². The van der Waals surface area contributed by atoms with Crippen LogP contribution in [0.25, 0.3) is 23.2 Å². The van der Waals surface area contributed by atoms with E-state index >= 15 is 0 Å². The van der Waals surface area contributed by atoms with Gasteiger partial charge in [0, 0.05) is 17.3 Å². The summed E-state index contributed by atoms with van der Waals surface area (Å²) in [5.41, 5.74) is 1.72. The van der Waals surface area contributed by atoms with Crippen molar-refractivity contribution in [2.75, 3.05) is 11.6 Å². The second-order valence-corrected chi connectivity index (χ2v) is 7.13. The molecule has 9 nitrogen and oxygen atoms in total. The van der Waals surface area contributed by atoms with E-state index in [0.29, 0.717) is 37.0 Å². The molecular weight excluding hydrogens is 356 g/mol. The lowest BCUT2D eigenvalue weighted by molar-refractivity contribution is 0.143. The van der Waals surface area contributed by atoms with E-state index in [1.165, 1.54) is 0 Å². The first kappa shape index (κ1) is 14.3. The van der Waals surface area contributed by atoms with Crippen LogP contribution in [0, 0.1) is 0 Å². The van der Waals surface area contributed by atoms with Gasteiger partial charge in [-0.15, -0.1) is 15.3 Å². The average molecular weight is 369 g/mol. The minimum Gasteiger partial charge on any atom is -0.383 e. The molecule has 1 N–H and O–H groups in total. The molecule has 2 aromatic heterocycles. The Balaban J connectivity index is 1.62. The molecule has 1 fully saturated rings. The zero-order valence-electron chi connectivity index (χ0n) is 13.5. The number of aliphatic hydroxyl groups is 1. The van der Waals surface area contributed by atoms with Gasteiger partial charge in [-0.25, -0.2) is 4.57 Å². The summed E-state index contributed by atoms with van der Waals surface area (Å²) in [5, 5.41) is 27.4. The van der Waals surface area contributed by atoms with Gasteiger partial charge in [0.25, 0.3) is 5.95 Å². The average Bonchev–Trinajstić information content (AvgIpc) is 3.05. The zero-order chi connectivity index (χ0) is 17.5. The summed E-state index contributed by atoms with van der Waals surface area (Å²) < 4.78 is 5.05. The molecule has 4 heterocycles. The highest BCUT2D eigenvalue weighted by atomic mass is 35.5. The Kier molecular flexibility index (Phi) is 2.54. The number of fused-ring (bicyclic) bond motifs is 6. The monoisotopic (exact) mass is 368 g/mol. The van der Waals surface area contributed by atoms with Crippen LogP contribution in [0.1, 0.15) is 18.5 Å². The maximum atomic E-state index is 10.5. The van der Waals surface area contributed by atoms with Crippen LogP contribution in [-0.4, -0.2) is 46.0 Å². The van der Waals surface area contributed by atoms with E-state index in [2.05, 4.69) is 25.4 Å². The number of hydrogen-bond donors (Lipinski definition) is 1. The molecule has 6 rings (SSSR count). The molecule has 0 unspecified atom stereocenters. The third kappa shape index (κ3) is 1.73. The molecule has 1 aliphatic carbocycles. The summed E-state index contributed by atoms with van der Waals surface area (Å²) in [7, 11) is 0. The Morgan fingerprint density at radius 3 is 2.85 bits per heavy atom. The lowest BCUT2D eigenvalue weighted by Crippen LogP contribution is -2.29. The smallest absolute Gasteiger partial charge is 0.259 e. The number of hydrogen-bond acceptors (Lipinski definition) is 7. The molecule has 0 saturated heterocycles. The highest BCUT2D eigenvalue weighted by molar-refractivity contribution is 6.15. The van der Waals surface area contributed by atoms with E-state index in [9.17, 15) is 5.11 Å². The molecule has 0 atom stereocenters. The van der Waals surface area contributed by atoms with Crippen molar-refractivity contribution in [2.24, 2.45) is 0 Å². The Labute approximate surface area is 152 Å². The predicted octanol–water partition coefficient (Wildman–Crippen LogP) is 1.51. The third-order valence-electron chi connectivity index (χ3n) is 5.06. The standard InChI is InChI=1S/C16H13ClN8O/c17-22-8-13-23(9-22)11-4-2-1-3-10(11)14-19-20-15(24(13)14)25-12(7-18-21-25)16(26)5-6-16/h1-4,7-8,26H,5-6,9H2. The van der Waals surface area contributed by atoms with Crippen LogP contribution in [0.5, 0.6) is 0 Å². The number of anilines is 1. The molecule has 1 aromatic carbocycles. The maximum absolute atomic E-state index is 10.5. The van der Waals surface area contributed by atoms with E-state index in [4.69, 9.17) is 11.8 Å². The molecule has 0 amide bonds. The lowest BCUT2D eigenvalue weighted by Gasteiger charge is -2.30. The summed E-state index contributed by atoms with van der Waals surface area (Å²) >= 11 is 6.26. The van der Waals surface area contributed by atoms with E-state index in [1.54, 1.807) is 15.3 Å². The first-order chi connectivity index (χ1) is 12.7. The molecule has 0 spiro atoms. The summed E-state index contributed by atoms with van der Waals surface area (Å²) in [4.78, 5) is 2.09. The Hall–Kier alpha value is -2.91. The Morgan fingerprint density at radius 1 is 1.15 bits per heavy atom. The van der Waals surface area contributed by atoms with E-state index in [0.717, 1.165) is 17.1 Å². The molecule has 26 heavy (non-hydrogen) atoms. The minimum atomic E-state index is -0.884. The zero-order valence-corrected chi connectivity index (χ0v) is 14.2. The summed E-state index contributed by atoms with van der Waals surface area (Å²) in [6.07, 6.45) is 4.79. The van der Waals surface area contributed by atoms with Crippen molar-refractivity contribution in [1.82, 2.24) is 34.2 Å².